The monoisotopic (exact) mass is 203 g/mol. The molecule has 0 bridgehead atoms. The fourth-order valence-corrected chi connectivity index (χ4v) is 1.01. The molecule has 0 aliphatic heterocycles. The van der Waals surface area contributed by atoms with E-state index in [1.54, 1.807) is 7.05 Å². The van der Waals surface area contributed by atoms with Crippen LogP contribution in [0.4, 0.5) is 24.7 Å². The van der Waals surface area contributed by atoms with E-state index in [0.717, 1.165) is 12.3 Å². The van der Waals surface area contributed by atoms with Gasteiger partial charge in [-0.15, -0.1) is 0 Å². The van der Waals surface area contributed by atoms with Crippen LogP contribution in [-0.4, -0.2) is 20.0 Å². The topological polar surface area (TPSA) is 37.0 Å². The van der Waals surface area contributed by atoms with Gasteiger partial charge in [0.05, 0.1) is 11.3 Å². The van der Waals surface area contributed by atoms with Crippen molar-refractivity contribution in [2.75, 3.05) is 17.6 Å². The van der Waals surface area contributed by atoms with Crippen molar-refractivity contribution >= 4 is 19.5 Å². The molecule has 7 heteroatoms. The summed E-state index contributed by atoms with van der Waals surface area (Å²) >= 11 is 0. The fourth-order valence-electron chi connectivity index (χ4n) is 1.01. The van der Waals surface area contributed by atoms with Gasteiger partial charge in [-0.2, -0.15) is 13.2 Å². The summed E-state index contributed by atoms with van der Waals surface area (Å²) in [6, 6.07) is 1.01. The third-order valence-corrected chi connectivity index (χ3v) is 1.72. The maximum absolute atomic E-state index is 12.3. The molecule has 1 heterocycles. The Bertz CT molecular complexity index is 326. The van der Waals surface area contributed by atoms with Gasteiger partial charge in [-0.1, -0.05) is 0 Å². The molecule has 0 unspecified atom stereocenters. The van der Waals surface area contributed by atoms with Crippen LogP contribution in [0, 0.1) is 0 Å². The second kappa shape index (κ2) is 3.77. The Balaban J connectivity index is 3.14. The van der Waals surface area contributed by atoms with E-state index in [9.17, 15) is 13.2 Å². The molecule has 76 valence electrons. The molecule has 3 nitrogen and oxygen atoms in total. The molecule has 0 aliphatic carbocycles. The first kappa shape index (κ1) is 10.7. The maximum Gasteiger partial charge on any atom is 0.417 e. The first-order valence-corrected chi connectivity index (χ1v) is 3.91. The van der Waals surface area contributed by atoms with Crippen molar-refractivity contribution in [1.29, 1.82) is 0 Å². The summed E-state index contributed by atoms with van der Waals surface area (Å²) in [6.07, 6.45) is -3.56. The summed E-state index contributed by atoms with van der Waals surface area (Å²) in [4.78, 5) is 3.64. The van der Waals surface area contributed by atoms with Gasteiger partial charge in [0.2, 0.25) is 7.98 Å². The lowest BCUT2D eigenvalue weighted by Crippen LogP contribution is -2.08. The van der Waals surface area contributed by atoms with Crippen LogP contribution < -0.4 is 10.5 Å². The lowest BCUT2D eigenvalue weighted by Gasteiger charge is -2.11. The van der Waals surface area contributed by atoms with E-state index in [0.29, 0.717) is 11.5 Å². The minimum absolute atomic E-state index is 0.322. The molecule has 0 aliphatic rings. The van der Waals surface area contributed by atoms with Crippen LogP contribution in [0.25, 0.3) is 0 Å². The van der Waals surface area contributed by atoms with E-state index in [4.69, 9.17) is 0 Å². The molecule has 1 rings (SSSR count). The number of pyridine rings is 1. The van der Waals surface area contributed by atoms with Gasteiger partial charge in [0.25, 0.3) is 0 Å². The van der Waals surface area contributed by atoms with Gasteiger partial charge in [0.1, 0.15) is 5.82 Å². The van der Waals surface area contributed by atoms with Gasteiger partial charge >= 0.3 is 6.18 Å². The highest BCUT2D eigenvalue weighted by atomic mass is 19.4. The maximum atomic E-state index is 12.3. The molecule has 0 amide bonds. The summed E-state index contributed by atoms with van der Waals surface area (Å²) in [5, 5.41) is 5.32. The minimum atomic E-state index is -4.36. The highest BCUT2D eigenvalue weighted by Gasteiger charge is 2.31. The number of anilines is 2. The molecular formula is C7H9BF3N3. The zero-order valence-electron chi connectivity index (χ0n) is 7.74. The summed E-state index contributed by atoms with van der Waals surface area (Å²) < 4.78 is 36.8. The van der Waals surface area contributed by atoms with Crippen LogP contribution in [0.15, 0.2) is 12.3 Å². The van der Waals surface area contributed by atoms with Gasteiger partial charge < -0.3 is 10.5 Å². The number of rotatable bonds is 2. The predicted molar refractivity (Wildman–Crippen MR) is 51.0 cm³/mol. The van der Waals surface area contributed by atoms with Gasteiger partial charge in [-0.3, -0.25) is 0 Å². The number of hydrogen-bond acceptors (Lipinski definition) is 3. The average molecular weight is 203 g/mol. The van der Waals surface area contributed by atoms with E-state index >= 15 is 0 Å². The molecule has 0 fully saturated rings. The standard InChI is InChI=1S/C7H9BF3N3/c1-12-6-5(14-8)2-4(3-13-6)7(9,10)11/h2-3,14H,8H2,1H3,(H,12,13). The van der Waals surface area contributed by atoms with Crippen LogP contribution in [0.1, 0.15) is 5.56 Å². The van der Waals surface area contributed by atoms with Crippen LogP contribution in [0.2, 0.25) is 0 Å². The van der Waals surface area contributed by atoms with Crippen molar-refractivity contribution in [2.24, 2.45) is 0 Å². The van der Waals surface area contributed by atoms with Gasteiger partial charge in [0.15, 0.2) is 0 Å². The van der Waals surface area contributed by atoms with Gasteiger partial charge in [0, 0.05) is 13.2 Å². The van der Waals surface area contributed by atoms with Crippen molar-refractivity contribution in [1.82, 2.24) is 4.98 Å². The zero-order valence-corrected chi connectivity index (χ0v) is 7.74. The molecule has 0 atom stereocenters. The highest BCUT2D eigenvalue weighted by Crippen LogP contribution is 2.32. The van der Waals surface area contributed by atoms with E-state index in [1.807, 2.05) is 0 Å². The molecule has 1 aromatic heterocycles. The molecule has 1 aromatic rings. The molecule has 0 saturated carbocycles. The Morgan fingerprint density at radius 1 is 1.43 bits per heavy atom. The minimum Gasteiger partial charge on any atom is -0.431 e. The van der Waals surface area contributed by atoms with Crippen LogP contribution >= 0.6 is 0 Å². The summed E-state index contributed by atoms with van der Waals surface area (Å²) in [5.74, 6) is 0.389. The summed E-state index contributed by atoms with van der Waals surface area (Å²) in [6.45, 7) is 0. The number of alkyl halides is 3. The Hall–Kier alpha value is -1.40. The van der Waals surface area contributed by atoms with E-state index in [-0.39, 0.29) is 0 Å². The van der Waals surface area contributed by atoms with E-state index in [2.05, 4.69) is 15.5 Å². The third-order valence-electron chi connectivity index (χ3n) is 1.72. The molecule has 14 heavy (non-hydrogen) atoms. The first-order chi connectivity index (χ1) is 6.49. The Morgan fingerprint density at radius 2 is 2.07 bits per heavy atom. The van der Waals surface area contributed by atoms with Crippen molar-refractivity contribution < 1.29 is 13.2 Å². The number of nitrogens with zero attached hydrogens (tertiary/aromatic N) is 1. The van der Waals surface area contributed by atoms with E-state index in [1.165, 1.54) is 7.98 Å². The van der Waals surface area contributed by atoms with Crippen LogP contribution in [0.3, 0.4) is 0 Å². The largest absolute Gasteiger partial charge is 0.431 e. The Morgan fingerprint density at radius 3 is 2.50 bits per heavy atom. The van der Waals surface area contributed by atoms with Crippen molar-refractivity contribution in [3.05, 3.63) is 17.8 Å². The second-order valence-corrected chi connectivity index (χ2v) is 2.62. The SMILES string of the molecule is BNc1cc(C(F)(F)F)cnc1NC. The normalized spacial score (nSPS) is 11.1. The Labute approximate surface area is 80.2 Å². The van der Waals surface area contributed by atoms with Crippen molar-refractivity contribution in [2.45, 2.75) is 6.18 Å². The summed E-state index contributed by atoms with van der Waals surface area (Å²) in [7, 11) is 3.13. The number of hydrogen-bond donors (Lipinski definition) is 2. The quantitative estimate of drug-likeness (QED) is 0.706. The lowest BCUT2D eigenvalue weighted by atomic mass is 10.2. The fraction of sp³-hybridized carbons (Fsp3) is 0.286. The summed E-state index contributed by atoms with van der Waals surface area (Å²) in [5.41, 5.74) is -0.442. The molecule has 0 saturated heterocycles. The van der Waals surface area contributed by atoms with Crippen LogP contribution in [0.5, 0.6) is 0 Å². The molecule has 0 spiro atoms. The highest BCUT2D eigenvalue weighted by molar-refractivity contribution is 6.16. The molecular weight excluding hydrogens is 194 g/mol. The van der Waals surface area contributed by atoms with Gasteiger partial charge in [-0.25, -0.2) is 4.98 Å². The predicted octanol–water partition coefficient (Wildman–Crippen LogP) is 1.10. The second-order valence-electron chi connectivity index (χ2n) is 2.62. The van der Waals surface area contributed by atoms with Crippen molar-refractivity contribution in [3.8, 4) is 0 Å². The first-order valence-electron chi connectivity index (χ1n) is 3.91. The van der Waals surface area contributed by atoms with E-state index < -0.39 is 11.7 Å². The smallest absolute Gasteiger partial charge is 0.417 e. The Kier molecular flexibility index (Phi) is 2.88. The number of halogens is 3. The third kappa shape index (κ3) is 2.10. The lowest BCUT2D eigenvalue weighted by molar-refractivity contribution is -0.137. The van der Waals surface area contributed by atoms with Crippen LogP contribution in [-0.2, 0) is 6.18 Å². The zero-order chi connectivity index (χ0) is 10.8. The number of aromatic nitrogens is 1. The molecule has 2 N–H and O–H groups in total. The molecule has 0 aromatic carbocycles. The molecule has 0 radical (unpaired) electrons. The number of nitrogens with one attached hydrogen (secondary N) is 2. The van der Waals surface area contributed by atoms with Gasteiger partial charge in [-0.05, 0) is 6.07 Å². The average Bonchev–Trinajstić information content (AvgIpc) is 2.15. The van der Waals surface area contributed by atoms with Crippen molar-refractivity contribution in [3.63, 3.8) is 0 Å².